The van der Waals surface area contributed by atoms with Gasteiger partial charge in [-0.2, -0.15) is 0 Å². The van der Waals surface area contributed by atoms with Crippen LogP contribution in [0.15, 0.2) is 164 Å². The highest BCUT2D eigenvalue weighted by Crippen LogP contribution is 2.40. The van der Waals surface area contributed by atoms with E-state index in [0.29, 0.717) is 5.95 Å². The van der Waals surface area contributed by atoms with Crippen LogP contribution >= 0.6 is 0 Å². The molecule has 0 unspecified atom stereocenters. The third kappa shape index (κ3) is 4.21. The fraction of sp³-hybridized carbons (Fsp3) is 0. The molecule has 0 spiro atoms. The fourth-order valence-electron chi connectivity index (χ4n) is 6.66. The van der Waals surface area contributed by atoms with Gasteiger partial charge in [0.2, 0.25) is 5.95 Å². The van der Waals surface area contributed by atoms with Gasteiger partial charge in [-0.05, 0) is 63.4 Å². The Morgan fingerprint density at radius 3 is 1.62 bits per heavy atom. The number of benzene rings is 7. The van der Waals surface area contributed by atoms with E-state index in [1.54, 1.807) is 0 Å². The first-order valence-corrected chi connectivity index (χ1v) is 15.3. The molecular weight excluding hydrogens is 546 g/mol. The summed E-state index contributed by atoms with van der Waals surface area (Å²) >= 11 is 0. The molecule has 7 aromatic carbocycles. The Morgan fingerprint density at radius 1 is 0.378 bits per heavy atom. The van der Waals surface area contributed by atoms with Gasteiger partial charge < -0.3 is 0 Å². The van der Waals surface area contributed by atoms with Crippen molar-refractivity contribution < 1.29 is 0 Å². The first-order valence-electron chi connectivity index (χ1n) is 15.3. The minimum absolute atomic E-state index is 0.661. The molecule has 0 N–H and O–H groups in total. The Balaban J connectivity index is 1.41. The number of hydrogen-bond donors (Lipinski definition) is 0. The third-order valence-corrected chi connectivity index (χ3v) is 8.78. The van der Waals surface area contributed by atoms with E-state index in [9.17, 15) is 0 Å². The molecule has 0 amide bonds. The standard InChI is InChI=1S/C42H27N3/c1-4-14-28(15-5-1)34-26-37-38(27-35(34)29-16-6-2-7-17-29)43-42(44-41(37)30-18-8-3-9-19-30)45-39-23-13-12-22-33(39)36-24-31-20-10-11-21-32(31)25-40(36)45/h1-27H. The van der Waals surface area contributed by atoms with E-state index in [4.69, 9.17) is 9.97 Å². The molecule has 0 radical (unpaired) electrons. The monoisotopic (exact) mass is 573 g/mol. The van der Waals surface area contributed by atoms with Gasteiger partial charge >= 0.3 is 0 Å². The molecule has 0 aliphatic rings. The van der Waals surface area contributed by atoms with Crippen LogP contribution in [0.5, 0.6) is 0 Å². The molecule has 0 aliphatic heterocycles. The van der Waals surface area contributed by atoms with Crippen molar-refractivity contribution in [3.63, 3.8) is 0 Å². The Labute approximate surface area is 260 Å². The van der Waals surface area contributed by atoms with Gasteiger partial charge in [-0.15, -0.1) is 0 Å². The van der Waals surface area contributed by atoms with E-state index in [2.05, 4.69) is 168 Å². The summed E-state index contributed by atoms with van der Waals surface area (Å²) in [5, 5.41) is 5.82. The van der Waals surface area contributed by atoms with Gasteiger partial charge in [0.05, 0.1) is 22.2 Å². The van der Waals surface area contributed by atoms with Gasteiger partial charge in [0.25, 0.3) is 0 Å². The average molecular weight is 574 g/mol. The maximum absolute atomic E-state index is 5.38. The molecule has 0 bridgehead atoms. The van der Waals surface area contributed by atoms with Crippen LogP contribution in [0.1, 0.15) is 0 Å². The van der Waals surface area contributed by atoms with Crippen LogP contribution < -0.4 is 0 Å². The van der Waals surface area contributed by atoms with Crippen LogP contribution in [0.4, 0.5) is 0 Å². The van der Waals surface area contributed by atoms with Gasteiger partial charge in [0.1, 0.15) is 0 Å². The molecule has 0 saturated carbocycles. The lowest BCUT2D eigenvalue weighted by Gasteiger charge is -2.16. The predicted octanol–water partition coefficient (Wildman–Crippen LogP) is 10.9. The van der Waals surface area contributed by atoms with Crippen molar-refractivity contribution in [1.82, 2.24) is 14.5 Å². The molecule has 45 heavy (non-hydrogen) atoms. The topological polar surface area (TPSA) is 30.7 Å². The van der Waals surface area contributed by atoms with E-state index in [1.807, 2.05) is 0 Å². The minimum Gasteiger partial charge on any atom is -0.278 e. The fourth-order valence-corrected chi connectivity index (χ4v) is 6.66. The molecule has 0 saturated heterocycles. The molecule has 0 fully saturated rings. The molecule has 9 rings (SSSR count). The van der Waals surface area contributed by atoms with Crippen molar-refractivity contribution in [3.8, 4) is 39.5 Å². The van der Waals surface area contributed by atoms with Gasteiger partial charge in [0, 0.05) is 21.7 Å². The van der Waals surface area contributed by atoms with Crippen LogP contribution in [0.2, 0.25) is 0 Å². The Hall–Kier alpha value is -6.06. The van der Waals surface area contributed by atoms with E-state index in [-0.39, 0.29) is 0 Å². The van der Waals surface area contributed by atoms with Crippen molar-refractivity contribution in [2.24, 2.45) is 0 Å². The molecule has 0 atom stereocenters. The summed E-state index contributed by atoms with van der Waals surface area (Å²) in [5.41, 5.74) is 9.69. The van der Waals surface area contributed by atoms with Crippen LogP contribution in [0.3, 0.4) is 0 Å². The highest BCUT2D eigenvalue weighted by atomic mass is 15.2. The summed E-state index contributed by atoms with van der Waals surface area (Å²) in [7, 11) is 0. The van der Waals surface area contributed by atoms with Crippen molar-refractivity contribution >= 4 is 43.5 Å². The zero-order valence-electron chi connectivity index (χ0n) is 24.4. The largest absolute Gasteiger partial charge is 0.278 e. The molecule has 3 heteroatoms. The van der Waals surface area contributed by atoms with E-state index < -0.39 is 0 Å². The molecule has 3 nitrogen and oxygen atoms in total. The molecule has 2 heterocycles. The van der Waals surface area contributed by atoms with Gasteiger partial charge in [0.15, 0.2) is 0 Å². The van der Waals surface area contributed by atoms with E-state index in [0.717, 1.165) is 55.4 Å². The van der Waals surface area contributed by atoms with Crippen LogP contribution in [0, 0.1) is 0 Å². The average Bonchev–Trinajstić information content (AvgIpc) is 3.44. The van der Waals surface area contributed by atoms with Crippen molar-refractivity contribution in [3.05, 3.63) is 164 Å². The van der Waals surface area contributed by atoms with Crippen LogP contribution in [-0.2, 0) is 0 Å². The summed E-state index contributed by atoms with van der Waals surface area (Å²) in [6.45, 7) is 0. The number of hydrogen-bond acceptors (Lipinski definition) is 2. The second-order valence-electron chi connectivity index (χ2n) is 11.5. The Kier molecular flexibility index (Phi) is 5.82. The first-order chi connectivity index (χ1) is 22.3. The highest BCUT2D eigenvalue weighted by Gasteiger charge is 2.20. The molecule has 2 aromatic heterocycles. The minimum atomic E-state index is 0.661. The van der Waals surface area contributed by atoms with Crippen molar-refractivity contribution in [1.29, 1.82) is 0 Å². The normalized spacial score (nSPS) is 11.6. The number of fused-ring (bicyclic) bond motifs is 5. The lowest BCUT2D eigenvalue weighted by molar-refractivity contribution is 1.01. The van der Waals surface area contributed by atoms with Crippen LogP contribution in [-0.4, -0.2) is 14.5 Å². The third-order valence-electron chi connectivity index (χ3n) is 8.78. The quantitative estimate of drug-likeness (QED) is 0.210. The first kappa shape index (κ1) is 25.4. The number of rotatable bonds is 4. The summed E-state index contributed by atoms with van der Waals surface area (Å²) in [6.07, 6.45) is 0. The number of nitrogens with zero attached hydrogens (tertiary/aromatic N) is 3. The zero-order valence-corrected chi connectivity index (χ0v) is 24.4. The van der Waals surface area contributed by atoms with Crippen molar-refractivity contribution in [2.45, 2.75) is 0 Å². The van der Waals surface area contributed by atoms with Gasteiger partial charge in [-0.1, -0.05) is 133 Å². The lowest BCUT2D eigenvalue weighted by Crippen LogP contribution is -2.04. The molecular formula is C42H27N3. The second kappa shape index (κ2) is 10.3. The second-order valence-corrected chi connectivity index (χ2v) is 11.5. The van der Waals surface area contributed by atoms with E-state index >= 15 is 0 Å². The SMILES string of the molecule is c1ccc(-c2cc3nc(-n4c5ccccc5c5cc6ccccc6cc54)nc(-c4ccccc4)c3cc2-c2ccccc2)cc1. The zero-order chi connectivity index (χ0) is 29.7. The lowest BCUT2D eigenvalue weighted by atomic mass is 9.92. The van der Waals surface area contributed by atoms with E-state index in [1.165, 1.54) is 21.5 Å². The summed E-state index contributed by atoms with van der Waals surface area (Å²) < 4.78 is 2.23. The molecule has 210 valence electrons. The number of para-hydroxylation sites is 1. The summed E-state index contributed by atoms with van der Waals surface area (Å²) in [6, 6.07) is 57.9. The maximum Gasteiger partial charge on any atom is 0.235 e. The van der Waals surface area contributed by atoms with Crippen molar-refractivity contribution in [2.75, 3.05) is 0 Å². The molecule has 0 aliphatic carbocycles. The Morgan fingerprint density at radius 2 is 0.933 bits per heavy atom. The number of aromatic nitrogens is 3. The van der Waals surface area contributed by atoms with Gasteiger partial charge in [-0.3, -0.25) is 4.57 Å². The molecule has 9 aromatic rings. The Bertz CT molecular complexity index is 2510. The summed E-state index contributed by atoms with van der Waals surface area (Å²) in [4.78, 5) is 10.7. The summed E-state index contributed by atoms with van der Waals surface area (Å²) in [5.74, 6) is 0.661. The predicted molar refractivity (Wildman–Crippen MR) is 188 cm³/mol. The smallest absolute Gasteiger partial charge is 0.235 e. The van der Waals surface area contributed by atoms with Crippen LogP contribution in [0.25, 0.3) is 82.9 Å². The van der Waals surface area contributed by atoms with Gasteiger partial charge in [-0.25, -0.2) is 9.97 Å². The highest BCUT2D eigenvalue weighted by molar-refractivity contribution is 6.13. The maximum atomic E-state index is 5.38.